The second-order valence-corrected chi connectivity index (χ2v) is 19.0. The average Bonchev–Trinajstić information content (AvgIpc) is 1.93. The molecule has 0 aliphatic carbocycles. The minimum atomic E-state index is -1.26. The van der Waals surface area contributed by atoms with E-state index in [2.05, 4.69) is 35.7 Å². The summed E-state index contributed by atoms with van der Waals surface area (Å²) in [6.45, 7) is 12.9. The summed E-state index contributed by atoms with van der Waals surface area (Å²) in [5.41, 5.74) is 12.1. The van der Waals surface area contributed by atoms with Crippen molar-refractivity contribution in [2.24, 2.45) is 0 Å². The molecule has 0 amide bonds. The summed E-state index contributed by atoms with van der Waals surface area (Å²) < 4.78 is 42.0. The average molecular weight is 1220 g/mol. The number of aromatic amines is 1. The molecule has 0 bridgehead atoms. The largest absolute Gasteiger partial charge is 0.497 e. The van der Waals surface area contributed by atoms with Crippen molar-refractivity contribution in [3.8, 4) is 45.7 Å². The molecule has 0 atom stereocenters. The van der Waals surface area contributed by atoms with Crippen molar-refractivity contribution >= 4 is 69.2 Å². The van der Waals surface area contributed by atoms with E-state index >= 15 is 0 Å². The molecule has 25 nitrogen and oxygen atoms in total. The number of carbonyl (C=O) groups is 4. The molecule has 88 heavy (non-hydrogen) atoms. The number of methoxy groups -OCH3 is 4. The molecule has 10 aromatic rings. The minimum absolute atomic E-state index is 0.151. The molecule has 0 unspecified atom stereocenters. The number of aromatic carboxylic acids is 1. The Balaban J connectivity index is 0.000000170. The number of nitrogen functional groups attached to an aromatic ring is 1. The number of nitrogens with zero attached hydrogens (tertiary/aromatic N) is 9. The van der Waals surface area contributed by atoms with Gasteiger partial charge in [0, 0.05) is 30.7 Å². The Morgan fingerprint density at radius 3 is 1.48 bits per heavy atom. The third-order valence-electron chi connectivity index (χ3n) is 12.7. The number of rotatable bonds is 17. The molecule has 26 heteroatoms. The van der Waals surface area contributed by atoms with E-state index in [-0.39, 0.29) is 41.9 Å². The van der Waals surface area contributed by atoms with E-state index in [4.69, 9.17) is 55.6 Å². The molecule has 0 spiro atoms. The van der Waals surface area contributed by atoms with E-state index in [1.807, 2.05) is 99.6 Å². The van der Waals surface area contributed by atoms with Gasteiger partial charge in [0.05, 0.1) is 115 Å². The highest BCUT2D eigenvalue weighted by Crippen LogP contribution is 2.31. The predicted molar refractivity (Wildman–Crippen MR) is 330 cm³/mol. The maximum Gasteiger partial charge on any atom is 0.347 e. The number of nitrogens with two attached hydrogens (primary N) is 1. The van der Waals surface area contributed by atoms with Crippen molar-refractivity contribution < 1.29 is 57.4 Å². The van der Waals surface area contributed by atoms with Crippen molar-refractivity contribution in [1.82, 2.24) is 49.1 Å². The quantitative estimate of drug-likeness (QED) is 0.0217. The molecule has 6 aromatic heterocycles. The summed E-state index contributed by atoms with van der Waals surface area (Å²) in [5, 5.41) is 30.7. The summed E-state index contributed by atoms with van der Waals surface area (Å²) >= 11 is 6.41. The fourth-order valence-electron chi connectivity index (χ4n) is 8.54. The number of carbonyl (C=O) groups excluding carboxylic acids is 3. The second kappa shape index (κ2) is 29.7. The number of esters is 3. The molecule has 6 heterocycles. The van der Waals surface area contributed by atoms with E-state index in [0.717, 1.165) is 51.4 Å². The molecule has 4 aromatic carbocycles. The van der Waals surface area contributed by atoms with Gasteiger partial charge in [-0.1, -0.05) is 11.6 Å². The monoisotopic (exact) mass is 1220 g/mol. The van der Waals surface area contributed by atoms with Crippen LogP contribution in [0, 0.1) is 27.7 Å². The van der Waals surface area contributed by atoms with E-state index in [1.54, 1.807) is 105 Å². The van der Waals surface area contributed by atoms with E-state index in [9.17, 15) is 24.0 Å². The van der Waals surface area contributed by atoms with Gasteiger partial charge in [0.15, 0.2) is 11.2 Å². The van der Waals surface area contributed by atoms with Crippen molar-refractivity contribution in [2.45, 2.75) is 48.5 Å². The van der Waals surface area contributed by atoms with Gasteiger partial charge in [-0.15, -0.1) is 0 Å². The summed E-state index contributed by atoms with van der Waals surface area (Å²) in [7, 11) is 6.42. The number of aryl methyl sites for hydroxylation is 4. The van der Waals surface area contributed by atoms with Gasteiger partial charge < -0.3 is 54.3 Å². The lowest BCUT2D eigenvalue weighted by Crippen LogP contribution is -2.19. The highest BCUT2D eigenvalue weighted by molar-refractivity contribution is 6.38. The number of benzene rings is 4. The number of aromatic nitrogens is 10. The predicted octanol–water partition coefficient (Wildman–Crippen LogP) is 9.68. The minimum Gasteiger partial charge on any atom is -0.497 e. The van der Waals surface area contributed by atoms with Gasteiger partial charge in [0.25, 0.3) is 0 Å². The standard InChI is InChI=1S/C19H23N3O5.C17H16ClN3O3.C15H13N3O4.C11H13N3O/c1-5-26-18(23)16(19(24)27-6-2)12-20-17-11-13(3)21-22(17)14-7-9-15(25-4)10-8-14;1-4-24-17(22)13-9-19-16-14(15(13)18)10(2)20-21(16)11-5-7-12(23-3)8-6-11;1-8-12-13(19)11(15(20)21)7-16-14(12)18(17-8)9-3-5-10(22-2)6-4-9;1-8-7-11(12)14(13-8)9-3-5-10(15-2)6-4-9/h7-12,20H,5-6H2,1-4H3;5-9H,4H2,1-3H3;3-7H,1-2H3,(H,16,19)(H,20,21);3-7H,12H2,1-2H3. The van der Waals surface area contributed by atoms with Crippen molar-refractivity contribution in [3.05, 3.63) is 183 Å². The van der Waals surface area contributed by atoms with Gasteiger partial charge in [-0.3, -0.25) is 4.79 Å². The number of carboxylic acid groups (broad SMARTS) is 1. The van der Waals surface area contributed by atoms with Gasteiger partial charge in [-0.2, -0.15) is 20.4 Å². The van der Waals surface area contributed by atoms with Crippen molar-refractivity contribution in [1.29, 1.82) is 0 Å². The molecule has 0 fully saturated rings. The van der Waals surface area contributed by atoms with Gasteiger partial charge >= 0.3 is 23.9 Å². The van der Waals surface area contributed by atoms with Crippen LogP contribution in [0.1, 0.15) is 64.3 Å². The second-order valence-electron chi connectivity index (χ2n) is 18.6. The third kappa shape index (κ3) is 15.1. The van der Waals surface area contributed by atoms with E-state index in [0.29, 0.717) is 50.5 Å². The van der Waals surface area contributed by atoms with Crippen LogP contribution in [0.15, 0.2) is 138 Å². The Bertz CT molecular complexity index is 4150. The zero-order valence-electron chi connectivity index (χ0n) is 50.1. The van der Waals surface area contributed by atoms with Crippen molar-refractivity contribution in [2.75, 3.05) is 59.3 Å². The van der Waals surface area contributed by atoms with Crippen LogP contribution in [0.2, 0.25) is 5.02 Å². The number of hydrogen-bond donors (Lipinski definition) is 4. The number of pyridine rings is 2. The Hall–Kier alpha value is -11.0. The number of nitrogens with one attached hydrogen (secondary N) is 2. The van der Waals surface area contributed by atoms with Gasteiger partial charge in [0.1, 0.15) is 45.8 Å². The van der Waals surface area contributed by atoms with Crippen LogP contribution >= 0.6 is 11.6 Å². The Labute approximate surface area is 509 Å². The molecular weight excluding hydrogens is 1160 g/mol. The first-order chi connectivity index (χ1) is 42.3. The molecule has 5 N–H and O–H groups in total. The normalized spacial score (nSPS) is 10.5. The first-order valence-electron chi connectivity index (χ1n) is 27.1. The lowest BCUT2D eigenvalue weighted by molar-refractivity contribution is -0.146. The first-order valence-corrected chi connectivity index (χ1v) is 27.5. The molecule has 0 saturated carbocycles. The fourth-order valence-corrected chi connectivity index (χ4v) is 8.89. The molecule has 0 aliphatic rings. The van der Waals surface area contributed by atoms with Crippen LogP contribution in [0.25, 0.3) is 44.8 Å². The highest BCUT2D eigenvalue weighted by atomic mass is 35.5. The zero-order chi connectivity index (χ0) is 63.8. The highest BCUT2D eigenvalue weighted by Gasteiger charge is 2.23. The molecule has 10 rings (SSSR count). The lowest BCUT2D eigenvalue weighted by atomic mass is 10.2. The Morgan fingerprint density at radius 1 is 0.591 bits per heavy atom. The fraction of sp³-hybridized carbons (Fsp3) is 0.226. The Morgan fingerprint density at radius 2 is 1.02 bits per heavy atom. The van der Waals surface area contributed by atoms with Crippen LogP contribution in [0.4, 0.5) is 11.6 Å². The number of halogens is 1. The van der Waals surface area contributed by atoms with E-state index in [1.165, 1.54) is 18.6 Å². The molecule has 0 saturated heterocycles. The zero-order valence-corrected chi connectivity index (χ0v) is 50.8. The van der Waals surface area contributed by atoms with Gasteiger partial charge in [-0.25, -0.2) is 42.9 Å². The number of ether oxygens (including phenoxy) is 7. The summed E-state index contributed by atoms with van der Waals surface area (Å²) in [4.78, 5) is 66.6. The van der Waals surface area contributed by atoms with E-state index < -0.39 is 29.3 Å². The molecule has 458 valence electrons. The van der Waals surface area contributed by atoms with Gasteiger partial charge in [-0.05, 0) is 146 Å². The number of H-pyrrole nitrogens is 1. The molecule has 0 aliphatic heterocycles. The topological polar surface area (TPSA) is 308 Å². The van der Waals surface area contributed by atoms with Crippen LogP contribution in [-0.4, -0.2) is 126 Å². The Kier molecular flexibility index (Phi) is 21.8. The molecule has 0 radical (unpaired) electrons. The summed E-state index contributed by atoms with van der Waals surface area (Å²) in [5.74, 6) is 0.951. The van der Waals surface area contributed by atoms with Crippen LogP contribution < -0.4 is 35.4 Å². The van der Waals surface area contributed by atoms with Crippen molar-refractivity contribution in [3.63, 3.8) is 0 Å². The number of hydrogen-bond acceptors (Lipinski definition) is 19. The first kappa shape index (κ1) is 64.6. The smallest absolute Gasteiger partial charge is 0.347 e. The number of carboxylic acids is 1. The third-order valence-corrected chi connectivity index (χ3v) is 13.1. The number of anilines is 2. The van der Waals surface area contributed by atoms with Crippen LogP contribution in [0.3, 0.4) is 0 Å². The summed E-state index contributed by atoms with van der Waals surface area (Å²) in [6, 6.07) is 33.1. The van der Waals surface area contributed by atoms with Gasteiger partial charge in [0.2, 0.25) is 5.43 Å². The summed E-state index contributed by atoms with van der Waals surface area (Å²) in [6.07, 6.45) is 3.88. The maximum absolute atomic E-state index is 12.3. The number of fused-ring (bicyclic) bond motifs is 2. The molecular formula is C62H65ClN12O13. The lowest BCUT2D eigenvalue weighted by Gasteiger charge is -2.10. The van der Waals surface area contributed by atoms with Crippen LogP contribution in [-0.2, 0) is 23.8 Å². The maximum atomic E-state index is 12.3. The SMILES string of the molecule is CCOC(=O)C(=CNc1cc(C)nn1-c1ccc(OC)cc1)C(=O)OCC.CCOC(=O)c1cnc2c(c(C)nn2-c2ccc(OC)cc2)c1Cl.COc1ccc(-n2nc(C)c3c(=O)c(C(=O)O)c[nH]c32)cc1.COc1ccc(-n2nc(C)cc2N)cc1. The van der Waals surface area contributed by atoms with Crippen LogP contribution in [0.5, 0.6) is 23.0 Å².